The first-order chi connectivity index (χ1) is 9.02. The molecular formula is C12H15N3O3S. The number of ether oxygens (including phenoxy) is 1. The molecule has 0 amide bonds. The second-order valence-electron chi connectivity index (χ2n) is 4.24. The lowest BCUT2D eigenvalue weighted by Gasteiger charge is -2.11. The summed E-state index contributed by atoms with van der Waals surface area (Å²) < 4.78 is 7.03. The average molecular weight is 281 g/mol. The molecule has 0 unspecified atom stereocenters. The van der Waals surface area contributed by atoms with E-state index >= 15 is 0 Å². The van der Waals surface area contributed by atoms with E-state index in [9.17, 15) is 4.79 Å². The number of nitrogens with zero attached hydrogens (tertiary/aromatic N) is 3. The van der Waals surface area contributed by atoms with Gasteiger partial charge in [-0.2, -0.15) is 4.98 Å². The molecule has 19 heavy (non-hydrogen) atoms. The first kappa shape index (κ1) is 13.7. The smallest absolute Gasteiger partial charge is 0.313 e. The molecule has 1 N–H and O–H groups in total. The van der Waals surface area contributed by atoms with Gasteiger partial charge in [-0.05, 0) is 19.9 Å². The highest BCUT2D eigenvalue weighted by Gasteiger charge is 2.16. The largest absolute Gasteiger partial charge is 0.481 e. The second-order valence-corrected chi connectivity index (χ2v) is 5.18. The van der Waals surface area contributed by atoms with Crippen LogP contribution in [0.25, 0.3) is 11.2 Å². The summed E-state index contributed by atoms with van der Waals surface area (Å²) in [7, 11) is 1.56. The lowest BCUT2D eigenvalue weighted by molar-refractivity contribution is -0.133. The predicted octanol–water partition coefficient (Wildman–Crippen LogP) is 2.20. The predicted molar refractivity (Wildman–Crippen MR) is 72.8 cm³/mol. The van der Waals surface area contributed by atoms with Crippen molar-refractivity contribution in [2.75, 3.05) is 12.9 Å². The number of carbonyl (C=O) groups is 1. The van der Waals surface area contributed by atoms with Gasteiger partial charge in [-0.25, -0.2) is 4.98 Å². The highest BCUT2D eigenvalue weighted by Crippen LogP contribution is 2.27. The Morgan fingerprint density at radius 1 is 1.47 bits per heavy atom. The molecule has 0 radical (unpaired) electrons. The van der Waals surface area contributed by atoms with Gasteiger partial charge in [0.25, 0.3) is 0 Å². The van der Waals surface area contributed by atoms with Gasteiger partial charge in [-0.15, -0.1) is 0 Å². The van der Waals surface area contributed by atoms with Crippen LogP contribution in [0.3, 0.4) is 0 Å². The summed E-state index contributed by atoms with van der Waals surface area (Å²) in [5.41, 5.74) is 1.45. The number of hydrogen-bond acceptors (Lipinski definition) is 5. The van der Waals surface area contributed by atoms with E-state index in [2.05, 4.69) is 9.97 Å². The van der Waals surface area contributed by atoms with E-state index in [1.807, 2.05) is 24.5 Å². The van der Waals surface area contributed by atoms with Crippen LogP contribution in [0, 0.1) is 0 Å². The molecule has 0 saturated carbocycles. The number of rotatable bonds is 5. The first-order valence-corrected chi connectivity index (χ1v) is 6.79. The molecule has 0 bridgehead atoms. The zero-order chi connectivity index (χ0) is 14.0. The molecule has 0 aliphatic heterocycles. The number of carboxylic acids is 1. The van der Waals surface area contributed by atoms with Gasteiger partial charge in [0, 0.05) is 12.1 Å². The van der Waals surface area contributed by atoms with Crippen LogP contribution in [-0.2, 0) is 4.79 Å². The summed E-state index contributed by atoms with van der Waals surface area (Å²) in [6, 6.07) is 3.71. The van der Waals surface area contributed by atoms with Crippen LogP contribution in [0.5, 0.6) is 5.88 Å². The topological polar surface area (TPSA) is 77.2 Å². The Bertz CT molecular complexity index is 610. The Morgan fingerprint density at radius 3 is 2.79 bits per heavy atom. The molecule has 2 aromatic heterocycles. The van der Waals surface area contributed by atoms with Crippen molar-refractivity contribution in [2.45, 2.75) is 25.0 Å². The van der Waals surface area contributed by atoms with E-state index in [1.54, 1.807) is 13.2 Å². The van der Waals surface area contributed by atoms with Gasteiger partial charge in [0.2, 0.25) is 5.88 Å². The van der Waals surface area contributed by atoms with Gasteiger partial charge in [0.05, 0.1) is 12.9 Å². The number of methoxy groups -OCH3 is 1. The third kappa shape index (κ3) is 2.81. The van der Waals surface area contributed by atoms with Crippen LogP contribution in [-0.4, -0.2) is 38.5 Å². The third-order valence-corrected chi connectivity index (χ3v) is 3.47. The van der Waals surface area contributed by atoms with Crippen LogP contribution in [0.15, 0.2) is 17.3 Å². The third-order valence-electron chi connectivity index (χ3n) is 2.53. The van der Waals surface area contributed by atoms with Crippen LogP contribution in [0.4, 0.5) is 0 Å². The van der Waals surface area contributed by atoms with Crippen molar-refractivity contribution in [3.8, 4) is 5.88 Å². The lowest BCUT2D eigenvalue weighted by atomic mass is 10.4. The van der Waals surface area contributed by atoms with Gasteiger partial charge in [0.15, 0.2) is 10.8 Å². The zero-order valence-corrected chi connectivity index (χ0v) is 11.8. The van der Waals surface area contributed by atoms with Crippen LogP contribution in [0.2, 0.25) is 0 Å². The molecule has 0 aromatic carbocycles. The van der Waals surface area contributed by atoms with Crippen LogP contribution < -0.4 is 4.74 Å². The fourth-order valence-corrected chi connectivity index (χ4v) is 2.59. The molecular weight excluding hydrogens is 266 g/mol. The van der Waals surface area contributed by atoms with E-state index in [0.29, 0.717) is 16.7 Å². The molecule has 0 spiro atoms. The van der Waals surface area contributed by atoms with Crippen molar-refractivity contribution in [1.82, 2.24) is 14.5 Å². The standard InChI is InChI=1S/C12H15N3O3S/c1-7(2)15-11-8(4-5-9(14-11)18-3)13-12(15)19-6-10(16)17/h4-5,7H,6H2,1-3H3,(H,16,17). The van der Waals surface area contributed by atoms with Crippen LogP contribution >= 0.6 is 11.8 Å². The van der Waals surface area contributed by atoms with Crippen molar-refractivity contribution in [3.63, 3.8) is 0 Å². The maximum absolute atomic E-state index is 10.7. The first-order valence-electron chi connectivity index (χ1n) is 5.80. The number of carboxylic acid groups (broad SMARTS) is 1. The van der Waals surface area contributed by atoms with Crippen molar-refractivity contribution in [3.05, 3.63) is 12.1 Å². The number of aliphatic carboxylic acids is 1. The van der Waals surface area contributed by atoms with Crippen molar-refractivity contribution in [1.29, 1.82) is 0 Å². The molecule has 0 aliphatic rings. The Balaban J connectivity index is 2.51. The quantitative estimate of drug-likeness (QED) is 0.847. The van der Waals surface area contributed by atoms with Gasteiger partial charge < -0.3 is 14.4 Å². The molecule has 0 fully saturated rings. The van der Waals surface area contributed by atoms with Gasteiger partial charge >= 0.3 is 5.97 Å². The summed E-state index contributed by atoms with van der Waals surface area (Å²) in [6.07, 6.45) is 0. The summed E-state index contributed by atoms with van der Waals surface area (Å²) >= 11 is 1.19. The molecule has 2 aromatic rings. The van der Waals surface area contributed by atoms with Crippen molar-refractivity contribution < 1.29 is 14.6 Å². The average Bonchev–Trinajstić information content (AvgIpc) is 2.73. The van der Waals surface area contributed by atoms with Crippen LogP contribution in [0.1, 0.15) is 19.9 Å². The van der Waals surface area contributed by atoms with Gasteiger partial charge in [0.1, 0.15) is 5.52 Å². The summed E-state index contributed by atoms with van der Waals surface area (Å²) in [6.45, 7) is 4.01. The molecule has 102 valence electrons. The molecule has 2 rings (SSSR count). The van der Waals surface area contributed by atoms with Crippen molar-refractivity contribution >= 4 is 28.9 Å². The van der Waals surface area contributed by atoms with E-state index in [-0.39, 0.29) is 11.8 Å². The molecule has 0 saturated heterocycles. The molecule has 7 heteroatoms. The highest BCUT2D eigenvalue weighted by molar-refractivity contribution is 7.99. The number of imidazole rings is 1. The number of hydrogen-bond donors (Lipinski definition) is 1. The molecule has 0 atom stereocenters. The Kier molecular flexibility index (Phi) is 3.94. The Morgan fingerprint density at radius 2 is 2.21 bits per heavy atom. The zero-order valence-electron chi connectivity index (χ0n) is 11.0. The fraction of sp³-hybridized carbons (Fsp3) is 0.417. The monoisotopic (exact) mass is 281 g/mol. The maximum atomic E-state index is 10.7. The minimum absolute atomic E-state index is 0.0207. The second kappa shape index (κ2) is 5.48. The maximum Gasteiger partial charge on any atom is 0.313 e. The van der Waals surface area contributed by atoms with E-state index < -0.39 is 5.97 Å². The molecule has 6 nitrogen and oxygen atoms in total. The fourth-order valence-electron chi connectivity index (χ4n) is 1.74. The van der Waals surface area contributed by atoms with E-state index in [1.165, 1.54) is 11.8 Å². The number of thioether (sulfide) groups is 1. The number of fused-ring (bicyclic) bond motifs is 1. The Hall–Kier alpha value is -1.76. The van der Waals surface area contributed by atoms with Gasteiger partial charge in [-0.3, -0.25) is 4.79 Å². The minimum Gasteiger partial charge on any atom is -0.481 e. The van der Waals surface area contributed by atoms with Gasteiger partial charge in [-0.1, -0.05) is 11.8 Å². The van der Waals surface area contributed by atoms with Crippen molar-refractivity contribution in [2.24, 2.45) is 0 Å². The summed E-state index contributed by atoms with van der Waals surface area (Å²) in [5, 5.41) is 9.43. The number of pyridine rings is 1. The normalized spacial score (nSPS) is 11.2. The summed E-state index contributed by atoms with van der Waals surface area (Å²) in [4.78, 5) is 19.5. The van der Waals surface area contributed by atoms with E-state index in [0.717, 1.165) is 5.52 Å². The molecule has 2 heterocycles. The SMILES string of the molecule is COc1ccc2nc(SCC(=O)O)n(C(C)C)c2n1. The molecule has 0 aliphatic carbocycles. The lowest BCUT2D eigenvalue weighted by Crippen LogP contribution is -2.06. The minimum atomic E-state index is -0.863. The summed E-state index contributed by atoms with van der Waals surface area (Å²) in [5.74, 6) is -0.366. The number of aromatic nitrogens is 3. The Labute approximate surface area is 114 Å². The van der Waals surface area contributed by atoms with E-state index in [4.69, 9.17) is 9.84 Å². The highest BCUT2D eigenvalue weighted by atomic mass is 32.2.